The Morgan fingerprint density at radius 3 is 2.59 bits per heavy atom. The number of pyridine rings is 1. The van der Waals surface area contributed by atoms with Gasteiger partial charge < -0.3 is 15.4 Å². The summed E-state index contributed by atoms with van der Waals surface area (Å²) in [4.78, 5) is 9.62. The van der Waals surface area contributed by atoms with E-state index >= 15 is 0 Å². The molecule has 0 atom stereocenters. The summed E-state index contributed by atoms with van der Waals surface area (Å²) in [5.74, 6) is 1.64. The summed E-state index contributed by atoms with van der Waals surface area (Å²) in [7, 11) is 3.45. The van der Waals surface area contributed by atoms with Crippen LogP contribution < -0.4 is 15.4 Å². The highest BCUT2D eigenvalue weighted by Crippen LogP contribution is 2.27. The first-order chi connectivity index (χ1) is 13.7. The van der Waals surface area contributed by atoms with Crippen LogP contribution in [0, 0.1) is 0 Å². The van der Waals surface area contributed by atoms with Gasteiger partial charge in [0.05, 0.1) is 13.7 Å². The first kappa shape index (κ1) is 23.4. The fraction of sp³-hybridized carbons (Fsp3) is 0.238. The topological polar surface area (TPSA) is 58.5 Å². The molecule has 29 heavy (non-hydrogen) atoms. The molecule has 154 valence electrons. The normalized spacial score (nSPS) is 10.9. The number of guanidine groups is 1. The van der Waals surface area contributed by atoms with E-state index in [1.54, 1.807) is 37.8 Å². The average Bonchev–Trinajstić information content (AvgIpc) is 3.21. The predicted octanol–water partition coefficient (Wildman–Crippen LogP) is 5.00. The summed E-state index contributed by atoms with van der Waals surface area (Å²) in [6.45, 7) is 1.49. The SMILES string of the molecule is CN=C(NCCc1ccc(Cl)nc1)NCc1cc(-c2ccc(OC)cc2)cs1.I. The van der Waals surface area contributed by atoms with Crippen LogP contribution in [0.2, 0.25) is 5.15 Å². The molecule has 0 spiro atoms. The van der Waals surface area contributed by atoms with Crippen LogP contribution in [0.3, 0.4) is 0 Å². The Morgan fingerprint density at radius 1 is 1.14 bits per heavy atom. The lowest BCUT2D eigenvalue weighted by Gasteiger charge is -2.11. The third-order valence-electron chi connectivity index (χ3n) is 4.23. The smallest absolute Gasteiger partial charge is 0.191 e. The van der Waals surface area contributed by atoms with Crippen LogP contribution in [0.4, 0.5) is 0 Å². The van der Waals surface area contributed by atoms with Gasteiger partial charge in [0.25, 0.3) is 0 Å². The highest BCUT2D eigenvalue weighted by Gasteiger charge is 2.05. The van der Waals surface area contributed by atoms with E-state index in [1.807, 2.05) is 18.2 Å². The molecule has 0 unspecified atom stereocenters. The zero-order chi connectivity index (χ0) is 19.8. The lowest BCUT2D eigenvalue weighted by Crippen LogP contribution is -2.37. The van der Waals surface area contributed by atoms with Crippen molar-refractivity contribution in [2.24, 2.45) is 4.99 Å². The number of nitrogens with one attached hydrogen (secondary N) is 2. The maximum Gasteiger partial charge on any atom is 0.191 e. The molecule has 0 saturated heterocycles. The minimum atomic E-state index is 0. The van der Waals surface area contributed by atoms with Crippen LogP contribution in [0.5, 0.6) is 5.75 Å². The Kier molecular flexibility index (Phi) is 9.69. The molecule has 2 heterocycles. The van der Waals surface area contributed by atoms with Crippen molar-refractivity contribution in [3.8, 4) is 16.9 Å². The number of thiophene rings is 1. The molecule has 3 aromatic rings. The number of nitrogens with zero attached hydrogens (tertiary/aromatic N) is 2. The van der Waals surface area contributed by atoms with Crippen molar-refractivity contribution in [2.75, 3.05) is 20.7 Å². The molecule has 2 aromatic heterocycles. The van der Waals surface area contributed by atoms with Gasteiger partial charge in [-0.1, -0.05) is 29.8 Å². The van der Waals surface area contributed by atoms with Crippen molar-refractivity contribution in [1.82, 2.24) is 15.6 Å². The van der Waals surface area contributed by atoms with Crippen LogP contribution in [0.15, 0.2) is 59.0 Å². The van der Waals surface area contributed by atoms with Crippen LogP contribution in [0.25, 0.3) is 11.1 Å². The second-order valence-electron chi connectivity index (χ2n) is 6.12. The number of hydrogen-bond donors (Lipinski definition) is 2. The van der Waals surface area contributed by atoms with Gasteiger partial charge in [0.1, 0.15) is 10.9 Å². The zero-order valence-corrected chi connectivity index (χ0v) is 20.2. The molecule has 2 N–H and O–H groups in total. The van der Waals surface area contributed by atoms with Crippen molar-refractivity contribution in [1.29, 1.82) is 0 Å². The minimum Gasteiger partial charge on any atom is -0.497 e. The number of aromatic nitrogens is 1. The molecule has 0 fully saturated rings. The minimum absolute atomic E-state index is 0. The van der Waals surface area contributed by atoms with E-state index in [4.69, 9.17) is 16.3 Å². The summed E-state index contributed by atoms with van der Waals surface area (Å²) in [5.41, 5.74) is 3.53. The van der Waals surface area contributed by atoms with Gasteiger partial charge >= 0.3 is 0 Å². The molecule has 1 aromatic carbocycles. The van der Waals surface area contributed by atoms with Crippen LogP contribution in [-0.4, -0.2) is 31.6 Å². The van der Waals surface area contributed by atoms with Crippen molar-refractivity contribution in [2.45, 2.75) is 13.0 Å². The lowest BCUT2D eigenvalue weighted by molar-refractivity contribution is 0.415. The number of hydrogen-bond acceptors (Lipinski definition) is 4. The Morgan fingerprint density at radius 2 is 1.93 bits per heavy atom. The maximum atomic E-state index is 5.81. The Bertz CT molecular complexity index is 913. The van der Waals surface area contributed by atoms with Crippen LogP contribution in [0.1, 0.15) is 10.4 Å². The number of halogens is 2. The second kappa shape index (κ2) is 12.0. The van der Waals surface area contributed by atoms with Crippen molar-refractivity contribution < 1.29 is 4.74 Å². The molecular weight excluding hydrogens is 519 g/mol. The summed E-state index contributed by atoms with van der Waals surface area (Å²) >= 11 is 7.54. The third kappa shape index (κ3) is 7.17. The van der Waals surface area contributed by atoms with E-state index in [9.17, 15) is 0 Å². The van der Waals surface area contributed by atoms with Gasteiger partial charge in [0, 0.05) is 24.7 Å². The zero-order valence-electron chi connectivity index (χ0n) is 16.3. The quantitative estimate of drug-likeness (QED) is 0.191. The fourth-order valence-corrected chi connectivity index (χ4v) is 3.62. The standard InChI is InChI=1S/C21H23ClN4OS.HI/c1-23-21(24-10-9-15-3-8-20(22)25-12-15)26-13-19-11-17(14-28-19)16-4-6-18(27-2)7-5-16;/h3-8,11-12,14H,9-10,13H2,1-2H3,(H2,23,24,26);1H. The monoisotopic (exact) mass is 542 g/mol. The molecule has 0 radical (unpaired) electrons. The van der Waals surface area contributed by atoms with Crippen molar-refractivity contribution in [3.63, 3.8) is 0 Å². The molecule has 0 saturated carbocycles. The molecule has 0 amide bonds. The van der Waals surface area contributed by atoms with Gasteiger partial charge in [-0.05, 0) is 52.8 Å². The summed E-state index contributed by atoms with van der Waals surface area (Å²) in [6.07, 6.45) is 2.65. The first-order valence-corrected chi connectivity index (χ1v) is 10.2. The number of benzene rings is 1. The summed E-state index contributed by atoms with van der Waals surface area (Å²) < 4.78 is 5.22. The van der Waals surface area contributed by atoms with Crippen LogP contribution >= 0.6 is 46.9 Å². The fourth-order valence-electron chi connectivity index (χ4n) is 2.68. The summed E-state index contributed by atoms with van der Waals surface area (Å²) in [5, 5.41) is 9.36. The maximum absolute atomic E-state index is 5.81. The van der Waals surface area contributed by atoms with Gasteiger partial charge in [-0.15, -0.1) is 35.3 Å². The predicted molar refractivity (Wildman–Crippen MR) is 133 cm³/mol. The average molecular weight is 543 g/mol. The Balaban J connectivity index is 0.00000300. The van der Waals surface area contributed by atoms with Gasteiger partial charge in [0.15, 0.2) is 5.96 Å². The van der Waals surface area contributed by atoms with Gasteiger partial charge in [-0.25, -0.2) is 4.98 Å². The molecule has 0 aliphatic carbocycles. The van der Waals surface area contributed by atoms with E-state index in [0.29, 0.717) is 5.15 Å². The number of aliphatic imine (C=N–C) groups is 1. The van der Waals surface area contributed by atoms with E-state index < -0.39 is 0 Å². The van der Waals surface area contributed by atoms with Crippen molar-refractivity contribution >= 4 is 52.9 Å². The van der Waals surface area contributed by atoms with E-state index in [-0.39, 0.29) is 24.0 Å². The van der Waals surface area contributed by atoms with E-state index in [0.717, 1.165) is 36.8 Å². The molecule has 5 nitrogen and oxygen atoms in total. The summed E-state index contributed by atoms with van der Waals surface area (Å²) in [6, 6.07) is 14.1. The van der Waals surface area contributed by atoms with Crippen molar-refractivity contribution in [3.05, 3.63) is 69.6 Å². The lowest BCUT2D eigenvalue weighted by atomic mass is 10.1. The van der Waals surface area contributed by atoms with Crippen LogP contribution in [-0.2, 0) is 13.0 Å². The number of rotatable bonds is 7. The van der Waals surface area contributed by atoms with Gasteiger partial charge in [0.2, 0.25) is 0 Å². The Labute approximate surface area is 197 Å². The highest BCUT2D eigenvalue weighted by atomic mass is 127. The van der Waals surface area contributed by atoms with E-state index in [1.165, 1.54) is 16.0 Å². The number of methoxy groups -OCH3 is 1. The molecular formula is C21H24ClIN4OS. The molecule has 0 bridgehead atoms. The first-order valence-electron chi connectivity index (χ1n) is 8.94. The molecule has 0 aliphatic rings. The van der Waals surface area contributed by atoms with Gasteiger partial charge in [-0.3, -0.25) is 4.99 Å². The van der Waals surface area contributed by atoms with Gasteiger partial charge in [-0.2, -0.15) is 0 Å². The molecule has 3 rings (SSSR count). The van der Waals surface area contributed by atoms with E-state index in [2.05, 4.69) is 44.2 Å². The second-order valence-corrected chi connectivity index (χ2v) is 7.50. The Hall–Kier alpha value is -1.84. The molecule has 8 heteroatoms. The number of ether oxygens (including phenoxy) is 1. The highest BCUT2D eigenvalue weighted by molar-refractivity contribution is 14.0. The third-order valence-corrected chi connectivity index (χ3v) is 5.39. The molecule has 0 aliphatic heterocycles. The largest absolute Gasteiger partial charge is 0.497 e.